The number of nitrogens with one attached hydrogen (secondary N) is 2. The molecule has 1 amide bonds. The fourth-order valence-electron chi connectivity index (χ4n) is 3.24. The van der Waals surface area contributed by atoms with Gasteiger partial charge in [-0.05, 0) is 38.3 Å². The van der Waals surface area contributed by atoms with Crippen LogP contribution in [0.5, 0.6) is 11.5 Å². The number of amidine groups is 1. The molecule has 0 spiro atoms. The van der Waals surface area contributed by atoms with Gasteiger partial charge in [-0.2, -0.15) is 4.99 Å². The lowest BCUT2D eigenvalue weighted by Gasteiger charge is -2.16. The normalized spacial score (nSPS) is 14.9. The third-order valence-corrected chi connectivity index (χ3v) is 4.61. The van der Waals surface area contributed by atoms with Crippen molar-refractivity contribution in [1.29, 1.82) is 0 Å². The summed E-state index contributed by atoms with van der Waals surface area (Å²) in [7, 11) is 1.72. The van der Waals surface area contributed by atoms with Crippen LogP contribution in [0.15, 0.2) is 40.3 Å². The molecule has 0 atom stereocenters. The van der Waals surface area contributed by atoms with Crippen molar-refractivity contribution < 1.29 is 14.3 Å². The number of hydrogen-bond acceptors (Lipinski definition) is 6. The maximum Gasteiger partial charge on any atom is 0.279 e. The summed E-state index contributed by atoms with van der Waals surface area (Å²) < 4.78 is 12.0. The van der Waals surface area contributed by atoms with Crippen LogP contribution in [0.3, 0.4) is 0 Å². The van der Waals surface area contributed by atoms with Crippen LogP contribution in [0.4, 0.5) is 0 Å². The topological polar surface area (TPSA) is 132 Å². The van der Waals surface area contributed by atoms with Gasteiger partial charge >= 0.3 is 0 Å². The second-order valence-corrected chi connectivity index (χ2v) is 7.78. The van der Waals surface area contributed by atoms with Crippen molar-refractivity contribution in [1.82, 2.24) is 15.3 Å². The largest absolute Gasteiger partial charge is 0.487 e. The van der Waals surface area contributed by atoms with Crippen molar-refractivity contribution >= 4 is 11.7 Å². The van der Waals surface area contributed by atoms with E-state index in [1.165, 1.54) is 12.1 Å². The fraction of sp³-hybridized carbons (Fsp3) is 0.364. The minimum absolute atomic E-state index is 0.0726. The van der Waals surface area contributed by atoms with Crippen LogP contribution in [0.2, 0.25) is 0 Å². The predicted molar refractivity (Wildman–Crippen MR) is 118 cm³/mol. The van der Waals surface area contributed by atoms with Gasteiger partial charge < -0.3 is 25.5 Å². The number of carbonyl (C=O) groups is 1. The van der Waals surface area contributed by atoms with Crippen LogP contribution < -0.4 is 26.1 Å². The molecule has 0 unspecified atom stereocenters. The number of ether oxygens (including phenoxy) is 2. The molecule has 2 aromatic rings. The molecule has 1 aliphatic heterocycles. The van der Waals surface area contributed by atoms with Crippen molar-refractivity contribution in [2.45, 2.75) is 45.8 Å². The zero-order valence-corrected chi connectivity index (χ0v) is 18.1. The summed E-state index contributed by atoms with van der Waals surface area (Å²) in [5.41, 5.74) is 6.75. The number of aromatic amines is 1. The van der Waals surface area contributed by atoms with E-state index in [1.54, 1.807) is 25.4 Å². The van der Waals surface area contributed by atoms with Crippen LogP contribution >= 0.6 is 0 Å². The Labute approximate surface area is 180 Å². The Hall–Kier alpha value is -3.62. The third-order valence-electron chi connectivity index (χ3n) is 4.61. The number of nitrogens with zero attached hydrogens (tertiary/aromatic N) is 2. The first kappa shape index (κ1) is 22.1. The smallest absolute Gasteiger partial charge is 0.279 e. The molecular formula is C22H27N5O4. The van der Waals surface area contributed by atoms with E-state index in [4.69, 9.17) is 15.2 Å². The maximum absolute atomic E-state index is 12.6. The van der Waals surface area contributed by atoms with Gasteiger partial charge in [0.25, 0.3) is 11.5 Å². The van der Waals surface area contributed by atoms with Gasteiger partial charge in [0.2, 0.25) is 0 Å². The summed E-state index contributed by atoms with van der Waals surface area (Å²) in [5, 5.41) is 2.78. The lowest BCUT2D eigenvalue weighted by molar-refractivity contribution is 0.100. The number of rotatable bonds is 7. The number of aryl methyl sites for hydroxylation is 1. The molecule has 31 heavy (non-hydrogen) atoms. The first-order valence-corrected chi connectivity index (χ1v) is 10.0. The van der Waals surface area contributed by atoms with Crippen molar-refractivity contribution in [3.8, 4) is 11.5 Å². The number of nitrogens with two attached hydrogens (primary N) is 1. The van der Waals surface area contributed by atoms with Crippen LogP contribution in [0, 0.1) is 0 Å². The highest BCUT2D eigenvalue weighted by molar-refractivity contribution is 6.06. The van der Waals surface area contributed by atoms with E-state index in [9.17, 15) is 9.59 Å². The molecule has 9 nitrogen and oxygen atoms in total. The lowest BCUT2D eigenvalue weighted by atomic mass is 9.99. The zero-order chi connectivity index (χ0) is 22.6. The molecule has 1 aromatic heterocycles. The molecule has 0 bridgehead atoms. The molecule has 0 saturated carbocycles. The number of aliphatic imine (C=N–C) groups is 1. The van der Waals surface area contributed by atoms with E-state index in [1.807, 2.05) is 20.8 Å². The highest BCUT2D eigenvalue weighted by atomic mass is 16.5. The molecule has 1 aliphatic rings. The van der Waals surface area contributed by atoms with Crippen LogP contribution in [0.25, 0.3) is 0 Å². The minimum atomic E-state index is -0.512. The quantitative estimate of drug-likeness (QED) is 0.456. The molecule has 0 fully saturated rings. The van der Waals surface area contributed by atoms with Gasteiger partial charge in [-0.1, -0.05) is 6.92 Å². The van der Waals surface area contributed by atoms with Gasteiger partial charge in [-0.15, -0.1) is 0 Å². The van der Waals surface area contributed by atoms with Crippen molar-refractivity contribution in [3.63, 3.8) is 0 Å². The summed E-state index contributed by atoms with van der Waals surface area (Å²) >= 11 is 0. The third kappa shape index (κ3) is 5.50. The molecule has 9 heteroatoms. The summed E-state index contributed by atoms with van der Waals surface area (Å²) in [5.74, 6) is 1.21. The number of amides is 1. The zero-order valence-electron chi connectivity index (χ0n) is 18.1. The fourth-order valence-corrected chi connectivity index (χ4v) is 3.24. The van der Waals surface area contributed by atoms with Gasteiger partial charge in [0.1, 0.15) is 35.4 Å². The van der Waals surface area contributed by atoms with Gasteiger partial charge in [0.15, 0.2) is 0 Å². The summed E-state index contributed by atoms with van der Waals surface area (Å²) in [6.45, 7) is 5.91. The number of H-pyrrole nitrogens is 1. The molecule has 2 heterocycles. The Morgan fingerprint density at radius 3 is 2.90 bits per heavy atom. The highest BCUT2D eigenvalue weighted by Gasteiger charge is 2.33. The Balaban J connectivity index is 1.92. The monoisotopic (exact) mass is 425 g/mol. The van der Waals surface area contributed by atoms with E-state index >= 15 is 0 Å². The average molecular weight is 425 g/mol. The number of benzene rings is 1. The second-order valence-electron chi connectivity index (χ2n) is 7.78. The minimum Gasteiger partial charge on any atom is -0.487 e. The van der Waals surface area contributed by atoms with Gasteiger partial charge in [-0.3, -0.25) is 9.59 Å². The van der Waals surface area contributed by atoms with Gasteiger partial charge in [0, 0.05) is 37.1 Å². The molecule has 4 N–H and O–H groups in total. The van der Waals surface area contributed by atoms with Gasteiger partial charge in [0.05, 0.1) is 5.69 Å². The first-order chi connectivity index (χ1) is 14.7. The highest BCUT2D eigenvalue weighted by Crippen LogP contribution is 2.41. The Morgan fingerprint density at radius 1 is 1.42 bits per heavy atom. The Kier molecular flexibility index (Phi) is 6.43. The SMILES string of the molecule is CCc1nc(COc2cc(C(=O)N=C(N)/C=C\NC)cc3c2CC(C)(C)O3)cc(=O)[nH]1. The van der Waals surface area contributed by atoms with Gasteiger partial charge in [-0.25, -0.2) is 4.98 Å². The molecule has 0 radical (unpaired) electrons. The Morgan fingerprint density at radius 2 is 2.19 bits per heavy atom. The molecule has 0 aliphatic carbocycles. The summed E-state index contributed by atoms with van der Waals surface area (Å²) in [6.07, 6.45) is 4.29. The van der Waals surface area contributed by atoms with E-state index in [2.05, 4.69) is 20.3 Å². The first-order valence-electron chi connectivity index (χ1n) is 10.0. The van der Waals surface area contributed by atoms with Crippen molar-refractivity contribution in [2.75, 3.05) is 7.05 Å². The molecule has 164 valence electrons. The number of fused-ring (bicyclic) bond motifs is 1. The van der Waals surface area contributed by atoms with E-state index in [-0.39, 0.29) is 18.0 Å². The van der Waals surface area contributed by atoms with Crippen LogP contribution in [-0.2, 0) is 19.4 Å². The standard InChI is InChI=1S/C22H27N5O4/c1-5-19-25-14(10-20(28)27-19)12-30-16-8-13(21(29)26-18(23)6-7-24-4)9-17-15(16)11-22(2,3)31-17/h6-10,24H,5,11-12H2,1-4H3,(H2,23,26,29)(H,25,27,28)/b7-6-. The molecular weight excluding hydrogens is 398 g/mol. The van der Waals surface area contributed by atoms with E-state index < -0.39 is 11.5 Å². The van der Waals surface area contributed by atoms with E-state index in [0.29, 0.717) is 41.4 Å². The number of hydrogen-bond donors (Lipinski definition) is 3. The molecule has 0 saturated heterocycles. The maximum atomic E-state index is 12.6. The Bertz CT molecular complexity index is 1100. The molecule has 1 aromatic carbocycles. The van der Waals surface area contributed by atoms with Crippen LogP contribution in [-0.4, -0.2) is 34.4 Å². The molecule has 3 rings (SSSR count). The average Bonchev–Trinajstić information content (AvgIpc) is 3.03. The van der Waals surface area contributed by atoms with Crippen molar-refractivity contribution in [3.05, 3.63) is 63.5 Å². The lowest BCUT2D eigenvalue weighted by Crippen LogP contribution is -2.24. The van der Waals surface area contributed by atoms with Crippen LogP contribution in [0.1, 0.15) is 48.2 Å². The summed E-state index contributed by atoms with van der Waals surface area (Å²) in [4.78, 5) is 35.4. The summed E-state index contributed by atoms with van der Waals surface area (Å²) in [6, 6.07) is 4.67. The van der Waals surface area contributed by atoms with Crippen molar-refractivity contribution in [2.24, 2.45) is 10.7 Å². The predicted octanol–water partition coefficient (Wildman–Crippen LogP) is 1.86. The number of aromatic nitrogens is 2. The number of carbonyl (C=O) groups excluding carboxylic acids is 1. The second kappa shape index (κ2) is 9.03. The van der Waals surface area contributed by atoms with E-state index in [0.717, 1.165) is 5.56 Å².